The Balaban J connectivity index is 1.59. The number of carbonyl (C=O) groups excluding carboxylic acids is 1. The SMILES string of the molecule is CC(C)Oc1cc(F)c(-c2nc(C(=O)Nc3cnccc3N3CC(C)C(NC(=O)O)C(N)C3)ccc2F)c(F)c1. The zero-order valence-corrected chi connectivity index (χ0v) is 22.0. The average molecular weight is 559 g/mol. The molecule has 4 rings (SSSR count). The number of nitrogens with zero attached hydrogens (tertiary/aromatic N) is 3. The van der Waals surface area contributed by atoms with Gasteiger partial charge in [-0.15, -0.1) is 0 Å². The highest BCUT2D eigenvalue weighted by molar-refractivity contribution is 6.04. The molecule has 1 saturated heterocycles. The van der Waals surface area contributed by atoms with Crippen molar-refractivity contribution in [2.24, 2.45) is 11.7 Å². The van der Waals surface area contributed by atoms with Gasteiger partial charge in [0.05, 0.1) is 35.3 Å². The fraction of sp³-hybridized carbons (Fsp3) is 0.333. The number of nitrogens with two attached hydrogens (primary N) is 1. The molecule has 0 bridgehead atoms. The van der Waals surface area contributed by atoms with Crippen LogP contribution in [0.25, 0.3) is 11.3 Å². The molecule has 5 N–H and O–H groups in total. The molecule has 1 aliphatic rings. The van der Waals surface area contributed by atoms with Gasteiger partial charge in [-0.1, -0.05) is 6.92 Å². The molecule has 10 nitrogen and oxygen atoms in total. The Morgan fingerprint density at radius 1 is 1.12 bits per heavy atom. The van der Waals surface area contributed by atoms with Crippen LogP contribution in [0.4, 0.5) is 29.3 Å². The molecule has 1 fully saturated rings. The molecule has 3 atom stereocenters. The van der Waals surface area contributed by atoms with E-state index in [0.29, 0.717) is 12.2 Å². The van der Waals surface area contributed by atoms with Gasteiger partial charge in [0.15, 0.2) is 0 Å². The van der Waals surface area contributed by atoms with E-state index in [-0.39, 0.29) is 35.7 Å². The van der Waals surface area contributed by atoms with Crippen LogP contribution in [-0.2, 0) is 0 Å². The first-order valence-corrected chi connectivity index (χ1v) is 12.5. The van der Waals surface area contributed by atoms with Gasteiger partial charge in [0.25, 0.3) is 5.91 Å². The fourth-order valence-electron chi connectivity index (χ4n) is 4.72. The topological polar surface area (TPSA) is 143 Å². The van der Waals surface area contributed by atoms with E-state index in [9.17, 15) is 22.8 Å². The van der Waals surface area contributed by atoms with Gasteiger partial charge < -0.3 is 31.1 Å². The third-order valence-corrected chi connectivity index (χ3v) is 6.39. The number of benzene rings is 1. The molecule has 3 aromatic rings. The molecule has 212 valence electrons. The Morgan fingerprint density at radius 2 is 1.82 bits per heavy atom. The van der Waals surface area contributed by atoms with Crippen LogP contribution in [0.15, 0.2) is 42.7 Å². The van der Waals surface area contributed by atoms with E-state index >= 15 is 0 Å². The predicted molar refractivity (Wildman–Crippen MR) is 142 cm³/mol. The number of ether oxygens (including phenoxy) is 1. The largest absolute Gasteiger partial charge is 0.491 e. The van der Waals surface area contributed by atoms with Gasteiger partial charge in [0, 0.05) is 37.5 Å². The first-order chi connectivity index (χ1) is 18.9. The number of piperidine rings is 1. The van der Waals surface area contributed by atoms with E-state index in [0.717, 1.165) is 24.3 Å². The van der Waals surface area contributed by atoms with Crippen LogP contribution < -0.4 is 26.0 Å². The van der Waals surface area contributed by atoms with Crippen LogP contribution in [0.1, 0.15) is 31.3 Å². The molecule has 3 heterocycles. The summed E-state index contributed by atoms with van der Waals surface area (Å²) in [7, 11) is 0. The second-order valence-corrected chi connectivity index (χ2v) is 9.82. The first kappa shape index (κ1) is 28.6. The molecule has 3 unspecified atom stereocenters. The van der Waals surface area contributed by atoms with Crippen molar-refractivity contribution in [2.45, 2.75) is 39.0 Å². The lowest BCUT2D eigenvalue weighted by atomic mass is 9.90. The Bertz CT molecular complexity index is 1390. The van der Waals surface area contributed by atoms with Crippen molar-refractivity contribution in [2.75, 3.05) is 23.3 Å². The summed E-state index contributed by atoms with van der Waals surface area (Å²) < 4.78 is 49.7. The van der Waals surface area contributed by atoms with Crippen LogP contribution in [-0.4, -0.2) is 58.4 Å². The summed E-state index contributed by atoms with van der Waals surface area (Å²) in [6.45, 7) is 5.95. The summed E-state index contributed by atoms with van der Waals surface area (Å²) in [5, 5.41) is 14.2. The number of carbonyl (C=O) groups is 2. The monoisotopic (exact) mass is 558 g/mol. The number of halogens is 3. The van der Waals surface area contributed by atoms with Crippen molar-refractivity contribution in [1.29, 1.82) is 0 Å². The predicted octanol–water partition coefficient (Wildman–Crippen LogP) is 4.02. The Morgan fingerprint density at radius 3 is 2.45 bits per heavy atom. The molecule has 0 aliphatic carbocycles. The van der Waals surface area contributed by atoms with Crippen molar-refractivity contribution in [3.63, 3.8) is 0 Å². The van der Waals surface area contributed by atoms with Gasteiger partial charge in [-0.3, -0.25) is 9.78 Å². The van der Waals surface area contributed by atoms with Crippen molar-refractivity contribution in [3.8, 4) is 17.0 Å². The minimum Gasteiger partial charge on any atom is -0.491 e. The van der Waals surface area contributed by atoms with E-state index in [4.69, 9.17) is 15.6 Å². The van der Waals surface area contributed by atoms with Gasteiger partial charge in [-0.25, -0.2) is 22.9 Å². The van der Waals surface area contributed by atoms with Gasteiger partial charge in [0.1, 0.15) is 34.6 Å². The third kappa shape index (κ3) is 6.25. The Labute approximate surface area is 228 Å². The summed E-state index contributed by atoms with van der Waals surface area (Å²) in [4.78, 5) is 34.2. The maximum absolute atomic E-state index is 14.8. The number of aromatic nitrogens is 2. The minimum atomic E-state index is -1.16. The number of rotatable bonds is 7. The molecular weight excluding hydrogens is 529 g/mol. The molecule has 40 heavy (non-hydrogen) atoms. The summed E-state index contributed by atoms with van der Waals surface area (Å²) in [6, 6.07) is 4.53. The summed E-state index contributed by atoms with van der Waals surface area (Å²) in [6.07, 6.45) is 1.43. The van der Waals surface area contributed by atoms with Gasteiger partial charge in [-0.05, 0) is 38.0 Å². The molecule has 0 spiro atoms. The maximum atomic E-state index is 14.8. The lowest BCUT2D eigenvalue weighted by molar-refractivity contribution is 0.102. The quantitative estimate of drug-likeness (QED) is 0.341. The number of pyridine rings is 2. The molecular formula is C27H29F3N6O4. The van der Waals surface area contributed by atoms with E-state index < -0.39 is 52.8 Å². The number of nitrogens with one attached hydrogen (secondary N) is 2. The van der Waals surface area contributed by atoms with E-state index in [1.807, 2.05) is 11.8 Å². The molecule has 13 heteroatoms. The molecule has 0 saturated carbocycles. The van der Waals surface area contributed by atoms with E-state index in [1.165, 1.54) is 12.4 Å². The standard InChI is InChI=1S/C27H29F3N6O4/c1-13(2)40-15-8-17(29)23(18(30)9-15)25-16(28)4-5-20(33-25)26(37)34-21-10-32-7-6-22(21)36-11-14(3)24(19(31)12-36)35-27(38)39/h4-10,13-14,19,24,35H,11-12,31H2,1-3H3,(H,34,37)(H,38,39). The molecule has 2 amide bonds. The van der Waals surface area contributed by atoms with Crippen LogP contribution in [0.3, 0.4) is 0 Å². The Kier molecular flexibility index (Phi) is 8.43. The fourth-order valence-corrected chi connectivity index (χ4v) is 4.72. The second-order valence-electron chi connectivity index (χ2n) is 9.82. The van der Waals surface area contributed by atoms with Crippen molar-refractivity contribution in [3.05, 3.63) is 65.9 Å². The minimum absolute atomic E-state index is 0.0658. The lowest BCUT2D eigenvalue weighted by Crippen LogP contribution is -2.61. The number of hydrogen-bond acceptors (Lipinski definition) is 7. The highest BCUT2D eigenvalue weighted by Crippen LogP contribution is 2.32. The summed E-state index contributed by atoms with van der Waals surface area (Å²) in [5.74, 6) is -4.20. The van der Waals surface area contributed by atoms with Crippen LogP contribution >= 0.6 is 0 Å². The van der Waals surface area contributed by atoms with Crippen molar-refractivity contribution >= 4 is 23.4 Å². The number of anilines is 2. The zero-order chi connectivity index (χ0) is 29.1. The zero-order valence-electron chi connectivity index (χ0n) is 22.0. The average Bonchev–Trinajstić information content (AvgIpc) is 2.86. The van der Waals surface area contributed by atoms with E-state index in [2.05, 4.69) is 20.6 Å². The number of hydrogen-bond donors (Lipinski definition) is 4. The van der Waals surface area contributed by atoms with Crippen LogP contribution in [0.2, 0.25) is 0 Å². The third-order valence-electron chi connectivity index (χ3n) is 6.39. The normalized spacial score (nSPS) is 18.9. The second kappa shape index (κ2) is 11.8. The summed E-state index contributed by atoms with van der Waals surface area (Å²) >= 11 is 0. The van der Waals surface area contributed by atoms with Crippen molar-refractivity contribution < 1.29 is 32.6 Å². The van der Waals surface area contributed by atoms with Gasteiger partial charge >= 0.3 is 6.09 Å². The van der Waals surface area contributed by atoms with Crippen LogP contribution in [0.5, 0.6) is 5.75 Å². The lowest BCUT2D eigenvalue weighted by Gasteiger charge is -2.42. The first-order valence-electron chi connectivity index (χ1n) is 12.5. The van der Waals surface area contributed by atoms with Gasteiger partial charge in [0.2, 0.25) is 0 Å². The molecule has 0 radical (unpaired) electrons. The van der Waals surface area contributed by atoms with E-state index in [1.54, 1.807) is 19.9 Å². The van der Waals surface area contributed by atoms with Crippen LogP contribution in [0, 0.1) is 23.4 Å². The number of carboxylic acid groups (broad SMARTS) is 1. The van der Waals surface area contributed by atoms with Crippen molar-refractivity contribution in [1.82, 2.24) is 15.3 Å². The Hall–Kier alpha value is -4.39. The maximum Gasteiger partial charge on any atom is 0.404 e. The molecule has 2 aromatic heterocycles. The molecule has 1 aromatic carbocycles. The van der Waals surface area contributed by atoms with Gasteiger partial charge in [-0.2, -0.15) is 0 Å². The smallest absolute Gasteiger partial charge is 0.404 e. The highest BCUT2D eigenvalue weighted by Gasteiger charge is 2.34. The summed E-state index contributed by atoms with van der Waals surface area (Å²) in [5.41, 5.74) is 5.41. The molecule has 1 aliphatic heterocycles. The number of amides is 2. The highest BCUT2D eigenvalue weighted by atomic mass is 19.1.